The van der Waals surface area contributed by atoms with E-state index in [1.165, 1.54) is 22.1 Å². The van der Waals surface area contributed by atoms with Gasteiger partial charge in [0, 0.05) is 4.90 Å². The minimum Gasteiger partial charge on any atom is -0.0563 e. The second kappa shape index (κ2) is 3.31. The lowest BCUT2D eigenvalue weighted by Crippen LogP contribution is -1.76. The number of aryl methyl sites for hydroxylation is 2. The molecule has 0 aliphatic carbocycles. The topological polar surface area (TPSA) is 0 Å². The van der Waals surface area contributed by atoms with Crippen molar-refractivity contribution in [3.05, 3.63) is 29.3 Å². The molecule has 0 radical (unpaired) electrons. The lowest BCUT2D eigenvalue weighted by Gasteiger charge is -1.98. The molecule has 0 heterocycles. The van der Waals surface area contributed by atoms with E-state index in [4.69, 9.17) is 10.7 Å². The summed E-state index contributed by atoms with van der Waals surface area (Å²) < 4.78 is 0. The lowest BCUT2D eigenvalue weighted by molar-refractivity contribution is 1.30. The first-order valence-corrected chi connectivity index (χ1v) is 4.73. The number of halogens is 1. The zero-order chi connectivity index (χ0) is 7.56. The summed E-state index contributed by atoms with van der Waals surface area (Å²) in [4.78, 5) is 1.12. The highest BCUT2D eigenvalue weighted by atomic mass is 35.7. The van der Waals surface area contributed by atoms with Gasteiger partial charge in [-0.3, -0.25) is 0 Å². The van der Waals surface area contributed by atoms with E-state index in [-0.39, 0.29) is 0 Å². The van der Waals surface area contributed by atoms with Gasteiger partial charge in [0.15, 0.2) is 0 Å². The number of benzene rings is 1. The Balaban J connectivity index is 3.06. The summed E-state index contributed by atoms with van der Waals surface area (Å²) in [5.74, 6) is 0. The molecule has 1 rings (SSSR count). The van der Waals surface area contributed by atoms with Crippen LogP contribution in [0.1, 0.15) is 11.1 Å². The Bertz CT molecular complexity index is 212. The van der Waals surface area contributed by atoms with Crippen LogP contribution in [0, 0.1) is 13.8 Å². The number of hydrogen-bond acceptors (Lipinski definition) is 1. The Labute approximate surface area is 70.1 Å². The molecule has 2 heteroatoms. The maximum Gasteiger partial charge on any atom is 0.0238 e. The van der Waals surface area contributed by atoms with Gasteiger partial charge < -0.3 is 0 Å². The van der Waals surface area contributed by atoms with Gasteiger partial charge in [0.25, 0.3) is 0 Å². The third-order valence-corrected chi connectivity index (χ3v) is 2.23. The molecule has 0 amide bonds. The van der Waals surface area contributed by atoms with E-state index in [1.807, 2.05) is 0 Å². The van der Waals surface area contributed by atoms with E-state index in [0.717, 1.165) is 4.90 Å². The van der Waals surface area contributed by atoms with Gasteiger partial charge in [-0.05, 0) is 58.8 Å². The van der Waals surface area contributed by atoms with Crippen LogP contribution in [0.15, 0.2) is 23.1 Å². The largest absolute Gasteiger partial charge is 0.0563 e. The molecular formula is C8H9ClS. The first kappa shape index (κ1) is 7.96. The molecule has 0 aliphatic rings. The number of hydrogen-bond donors (Lipinski definition) is 0. The van der Waals surface area contributed by atoms with Crippen molar-refractivity contribution in [2.75, 3.05) is 0 Å². The Morgan fingerprint density at radius 1 is 1.10 bits per heavy atom. The molecule has 0 aromatic heterocycles. The SMILES string of the molecule is Cc1cc(C)cc(SCl)c1. The van der Waals surface area contributed by atoms with E-state index in [9.17, 15) is 0 Å². The van der Waals surface area contributed by atoms with Crippen LogP contribution in [0.25, 0.3) is 0 Å². The summed E-state index contributed by atoms with van der Waals surface area (Å²) in [6.07, 6.45) is 0. The smallest absolute Gasteiger partial charge is 0.0238 e. The van der Waals surface area contributed by atoms with Crippen molar-refractivity contribution in [2.45, 2.75) is 18.7 Å². The highest BCUT2D eigenvalue weighted by Crippen LogP contribution is 2.23. The molecule has 0 nitrogen and oxygen atoms in total. The minimum atomic E-state index is 1.12. The zero-order valence-corrected chi connectivity index (χ0v) is 7.59. The van der Waals surface area contributed by atoms with E-state index in [0.29, 0.717) is 0 Å². The molecule has 10 heavy (non-hydrogen) atoms. The summed E-state index contributed by atoms with van der Waals surface area (Å²) in [5.41, 5.74) is 2.53. The monoisotopic (exact) mass is 172 g/mol. The van der Waals surface area contributed by atoms with Crippen molar-refractivity contribution in [1.29, 1.82) is 0 Å². The fraction of sp³-hybridized carbons (Fsp3) is 0.250. The predicted octanol–water partition coefficient (Wildman–Crippen LogP) is 3.55. The molecule has 0 unspecified atom stereocenters. The van der Waals surface area contributed by atoms with Crippen molar-refractivity contribution in [2.24, 2.45) is 0 Å². The molecule has 0 atom stereocenters. The summed E-state index contributed by atoms with van der Waals surface area (Å²) in [6.45, 7) is 4.15. The predicted molar refractivity (Wildman–Crippen MR) is 47.6 cm³/mol. The van der Waals surface area contributed by atoms with Gasteiger partial charge in [0.2, 0.25) is 0 Å². The molecule has 0 saturated carbocycles. The highest BCUT2D eigenvalue weighted by molar-refractivity contribution is 8.21. The molecule has 0 saturated heterocycles. The maximum absolute atomic E-state index is 5.59. The molecular weight excluding hydrogens is 164 g/mol. The fourth-order valence-electron chi connectivity index (χ4n) is 0.977. The van der Waals surface area contributed by atoms with Crippen LogP contribution in [0.4, 0.5) is 0 Å². The third kappa shape index (κ3) is 1.93. The summed E-state index contributed by atoms with van der Waals surface area (Å²) >= 11 is 0. The lowest BCUT2D eigenvalue weighted by atomic mass is 10.2. The fourth-order valence-corrected chi connectivity index (χ4v) is 1.71. The first-order chi connectivity index (χ1) is 4.72. The van der Waals surface area contributed by atoms with Gasteiger partial charge in [-0.25, -0.2) is 0 Å². The average molecular weight is 173 g/mol. The average Bonchev–Trinajstić information content (AvgIpc) is 1.85. The molecule has 54 valence electrons. The van der Waals surface area contributed by atoms with Crippen LogP contribution in [0.3, 0.4) is 0 Å². The van der Waals surface area contributed by atoms with Gasteiger partial charge in [-0.1, -0.05) is 6.07 Å². The van der Waals surface area contributed by atoms with Gasteiger partial charge >= 0.3 is 0 Å². The van der Waals surface area contributed by atoms with Crippen LogP contribution >= 0.6 is 21.7 Å². The van der Waals surface area contributed by atoms with Crippen molar-refractivity contribution in [3.8, 4) is 0 Å². The van der Waals surface area contributed by atoms with Crippen molar-refractivity contribution >= 4 is 21.7 Å². The van der Waals surface area contributed by atoms with E-state index in [2.05, 4.69) is 32.0 Å². The van der Waals surface area contributed by atoms with Gasteiger partial charge in [0.1, 0.15) is 0 Å². The molecule has 0 N–H and O–H groups in total. The maximum atomic E-state index is 5.59. The summed E-state index contributed by atoms with van der Waals surface area (Å²) in [7, 11) is 6.86. The second-order valence-corrected chi connectivity index (χ2v) is 3.49. The van der Waals surface area contributed by atoms with Gasteiger partial charge in [0.05, 0.1) is 0 Å². The van der Waals surface area contributed by atoms with Crippen molar-refractivity contribution < 1.29 is 0 Å². The van der Waals surface area contributed by atoms with Crippen LogP contribution in [-0.2, 0) is 0 Å². The molecule has 0 aliphatic heterocycles. The van der Waals surface area contributed by atoms with Crippen molar-refractivity contribution in [3.63, 3.8) is 0 Å². The van der Waals surface area contributed by atoms with Crippen LogP contribution in [-0.4, -0.2) is 0 Å². The van der Waals surface area contributed by atoms with Crippen molar-refractivity contribution in [1.82, 2.24) is 0 Å². The molecule has 0 spiro atoms. The Morgan fingerprint density at radius 2 is 1.60 bits per heavy atom. The Morgan fingerprint density at radius 3 is 2.00 bits per heavy atom. The zero-order valence-electron chi connectivity index (χ0n) is 6.02. The Kier molecular flexibility index (Phi) is 2.64. The third-order valence-electron chi connectivity index (χ3n) is 1.28. The second-order valence-electron chi connectivity index (χ2n) is 2.40. The normalized spacial score (nSPS) is 9.90. The summed E-state index contributed by atoms with van der Waals surface area (Å²) in [6, 6.07) is 6.28. The number of rotatable bonds is 1. The van der Waals surface area contributed by atoms with Crippen LogP contribution < -0.4 is 0 Å². The molecule has 0 bridgehead atoms. The van der Waals surface area contributed by atoms with Crippen LogP contribution in [0.2, 0.25) is 0 Å². The Hall–Kier alpha value is -0.140. The van der Waals surface area contributed by atoms with E-state index < -0.39 is 0 Å². The minimum absolute atomic E-state index is 1.12. The van der Waals surface area contributed by atoms with Gasteiger partial charge in [-0.2, -0.15) is 0 Å². The summed E-state index contributed by atoms with van der Waals surface area (Å²) in [5, 5.41) is 0. The standard InChI is InChI=1S/C8H9ClS/c1-6-3-7(2)5-8(4-6)10-9/h3-5H,1-2H3. The molecule has 1 aromatic carbocycles. The van der Waals surface area contributed by atoms with Crippen LogP contribution in [0.5, 0.6) is 0 Å². The quantitative estimate of drug-likeness (QED) is 0.625. The van der Waals surface area contributed by atoms with E-state index >= 15 is 0 Å². The first-order valence-electron chi connectivity index (χ1n) is 3.09. The van der Waals surface area contributed by atoms with Gasteiger partial charge in [-0.15, -0.1) is 0 Å². The molecule has 1 aromatic rings. The highest BCUT2D eigenvalue weighted by Gasteiger charge is 1.93. The van der Waals surface area contributed by atoms with E-state index in [1.54, 1.807) is 0 Å². The molecule has 0 fully saturated rings.